The van der Waals surface area contributed by atoms with Crippen molar-refractivity contribution < 1.29 is 19.5 Å². The van der Waals surface area contributed by atoms with Gasteiger partial charge in [0.05, 0.1) is 6.54 Å². The molecule has 0 atom stereocenters. The Labute approximate surface area is 115 Å². The van der Waals surface area contributed by atoms with E-state index in [2.05, 4.69) is 0 Å². The van der Waals surface area contributed by atoms with Crippen molar-refractivity contribution >= 4 is 17.7 Å². The van der Waals surface area contributed by atoms with Crippen LogP contribution in [0.5, 0.6) is 5.75 Å². The van der Waals surface area contributed by atoms with Gasteiger partial charge in [-0.05, 0) is 23.8 Å². The van der Waals surface area contributed by atoms with E-state index < -0.39 is 11.8 Å². The number of hydrogen-bond donors (Lipinski definition) is 1. The van der Waals surface area contributed by atoms with Crippen molar-refractivity contribution in [2.45, 2.75) is 6.54 Å². The molecule has 6 nitrogen and oxygen atoms in total. The van der Waals surface area contributed by atoms with E-state index in [-0.39, 0.29) is 18.2 Å². The topological polar surface area (TPSA) is 77.9 Å². The highest BCUT2D eigenvalue weighted by molar-refractivity contribution is 6.12. The maximum Gasteiger partial charge on any atom is 0.253 e. The molecule has 0 spiro atoms. The molecule has 0 aliphatic carbocycles. The van der Waals surface area contributed by atoms with Gasteiger partial charge in [0.15, 0.2) is 0 Å². The van der Waals surface area contributed by atoms with Crippen LogP contribution in [0.3, 0.4) is 0 Å². The molecule has 0 fully saturated rings. The Balaban J connectivity index is 2.27. The van der Waals surface area contributed by atoms with Gasteiger partial charge in [-0.2, -0.15) is 0 Å². The zero-order chi connectivity index (χ0) is 14.9. The van der Waals surface area contributed by atoms with Crippen LogP contribution in [0.1, 0.15) is 15.9 Å². The highest BCUT2D eigenvalue weighted by atomic mass is 16.3. The monoisotopic (exact) mass is 274 g/mol. The van der Waals surface area contributed by atoms with Gasteiger partial charge in [0.2, 0.25) is 0 Å². The molecular weight excluding hydrogens is 260 g/mol. The minimum atomic E-state index is -0.404. The average molecular weight is 274 g/mol. The van der Waals surface area contributed by atoms with Gasteiger partial charge in [-0.25, -0.2) is 0 Å². The van der Waals surface area contributed by atoms with Gasteiger partial charge in [0, 0.05) is 31.8 Å². The van der Waals surface area contributed by atoms with Crippen LogP contribution in [0, 0.1) is 0 Å². The standard InChI is InChI=1S/C14H14N2O4/c1-15(2)14(20)10-5-9(6-11(17)7-10)8-16-12(18)3-4-13(16)19/h3-7,17H,8H2,1-2H3. The summed E-state index contributed by atoms with van der Waals surface area (Å²) in [5, 5.41) is 9.66. The van der Waals surface area contributed by atoms with Gasteiger partial charge in [0.1, 0.15) is 5.75 Å². The highest BCUT2D eigenvalue weighted by Gasteiger charge is 2.24. The third kappa shape index (κ3) is 2.69. The molecule has 20 heavy (non-hydrogen) atoms. The number of carbonyl (C=O) groups is 3. The van der Waals surface area contributed by atoms with Crippen molar-refractivity contribution in [2.24, 2.45) is 0 Å². The summed E-state index contributed by atoms with van der Waals surface area (Å²) in [4.78, 5) is 37.3. The lowest BCUT2D eigenvalue weighted by Crippen LogP contribution is -2.29. The number of benzene rings is 1. The molecule has 0 radical (unpaired) electrons. The van der Waals surface area contributed by atoms with Crippen LogP contribution in [-0.2, 0) is 16.1 Å². The summed E-state index contributed by atoms with van der Waals surface area (Å²) in [6.07, 6.45) is 2.38. The predicted molar refractivity (Wildman–Crippen MR) is 70.8 cm³/mol. The number of phenols is 1. The summed E-state index contributed by atoms with van der Waals surface area (Å²) < 4.78 is 0. The van der Waals surface area contributed by atoms with E-state index in [1.165, 1.54) is 29.2 Å². The molecule has 6 heteroatoms. The first-order valence-electron chi connectivity index (χ1n) is 5.96. The summed E-state index contributed by atoms with van der Waals surface area (Å²) in [6.45, 7) is 0.0206. The number of aromatic hydroxyl groups is 1. The number of amides is 3. The lowest BCUT2D eigenvalue weighted by atomic mass is 10.1. The summed E-state index contributed by atoms with van der Waals surface area (Å²) >= 11 is 0. The normalized spacial score (nSPS) is 14.0. The van der Waals surface area contributed by atoms with E-state index in [1.54, 1.807) is 20.2 Å². The molecule has 0 aromatic heterocycles. The summed E-state index contributed by atoms with van der Waals surface area (Å²) in [6, 6.07) is 4.32. The highest BCUT2D eigenvalue weighted by Crippen LogP contribution is 2.19. The quantitative estimate of drug-likeness (QED) is 0.815. The van der Waals surface area contributed by atoms with Gasteiger partial charge in [0.25, 0.3) is 17.7 Å². The van der Waals surface area contributed by atoms with Crippen molar-refractivity contribution in [1.82, 2.24) is 9.80 Å². The van der Waals surface area contributed by atoms with Crippen molar-refractivity contribution in [3.63, 3.8) is 0 Å². The van der Waals surface area contributed by atoms with E-state index in [9.17, 15) is 19.5 Å². The van der Waals surface area contributed by atoms with Gasteiger partial charge in [-0.3, -0.25) is 19.3 Å². The van der Waals surface area contributed by atoms with Crippen LogP contribution in [0.4, 0.5) is 0 Å². The average Bonchev–Trinajstić information content (AvgIpc) is 2.69. The summed E-state index contributed by atoms with van der Waals surface area (Å²) in [7, 11) is 3.20. The molecule has 1 aromatic carbocycles. The first kappa shape index (κ1) is 13.8. The van der Waals surface area contributed by atoms with Crippen LogP contribution >= 0.6 is 0 Å². The Morgan fingerprint density at radius 2 is 1.75 bits per heavy atom. The van der Waals surface area contributed by atoms with Crippen LogP contribution in [-0.4, -0.2) is 46.7 Å². The molecule has 3 amide bonds. The molecule has 1 aromatic rings. The van der Waals surface area contributed by atoms with E-state index in [4.69, 9.17) is 0 Å². The fraction of sp³-hybridized carbons (Fsp3) is 0.214. The number of nitrogens with zero attached hydrogens (tertiary/aromatic N) is 2. The van der Waals surface area contributed by atoms with E-state index in [0.29, 0.717) is 11.1 Å². The van der Waals surface area contributed by atoms with Gasteiger partial charge in [-0.15, -0.1) is 0 Å². The lowest BCUT2D eigenvalue weighted by Gasteiger charge is -2.16. The van der Waals surface area contributed by atoms with Gasteiger partial charge < -0.3 is 10.0 Å². The SMILES string of the molecule is CN(C)C(=O)c1cc(O)cc(CN2C(=O)C=CC2=O)c1. The van der Waals surface area contributed by atoms with Crippen LogP contribution in [0.15, 0.2) is 30.4 Å². The minimum absolute atomic E-state index is 0.0206. The minimum Gasteiger partial charge on any atom is -0.508 e. The second kappa shape index (κ2) is 5.16. The fourth-order valence-electron chi connectivity index (χ4n) is 1.92. The first-order valence-corrected chi connectivity index (χ1v) is 5.96. The molecule has 1 aliphatic rings. The molecule has 1 aliphatic heterocycles. The second-order valence-electron chi connectivity index (χ2n) is 4.68. The number of hydrogen-bond acceptors (Lipinski definition) is 4. The van der Waals surface area contributed by atoms with Crippen LogP contribution in [0.2, 0.25) is 0 Å². The Kier molecular flexibility index (Phi) is 3.56. The smallest absolute Gasteiger partial charge is 0.253 e. The van der Waals surface area contributed by atoms with Gasteiger partial charge >= 0.3 is 0 Å². The third-order valence-electron chi connectivity index (χ3n) is 2.87. The summed E-state index contributed by atoms with van der Waals surface area (Å²) in [5.74, 6) is -1.16. The Morgan fingerprint density at radius 1 is 1.15 bits per heavy atom. The molecule has 0 saturated heterocycles. The number of carbonyl (C=O) groups excluding carboxylic acids is 3. The molecule has 104 valence electrons. The maximum atomic E-state index is 11.9. The zero-order valence-corrected chi connectivity index (χ0v) is 11.2. The largest absolute Gasteiger partial charge is 0.508 e. The molecule has 0 unspecified atom stereocenters. The molecule has 0 saturated carbocycles. The molecule has 1 N–H and O–H groups in total. The van der Waals surface area contributed by atoms with Crippen LogP contribution in [0.25, 0.3) is 0 Å². The van der Waals surface area contributed by atoms with Gasteiger partial charge in [-0.1, -0.05) is 0 Å². The van der Waals surface area contributed by atoms with Crippen molar-refractivity contribution in [1.29, 1.82) is 0 Å². The fourth-order valence-corrected chi connectivity index (χ4v) is 1.92. The predicted octanol–water partition coefficient (Wildman–Crippen LogP) is 0.519. The first-order chi connectivity index (χ1) is 9.38. The maximum absolute atomic E-state index is 11.9. The lowest BCUT2D eigenvalue weighted by molar-refractivity contribution is -0.137. The number of rotatable bonds is 3. The van der Waals surface area contributed by atoms with E-state index in [0.717, 1.165) is 4.90 Å². The van der Waals surface area contributed by atoms with Crippen LogP contribution < -0.4 is 0 Å². The number of imide groups is 1. The van der Waals surface area contributed by atoms with E-state index in [1.807, 2.05) is 0 Å². The second-order valence-corrected chi connectivity index (χ2v) is 4.68. The van der Waals surface area contributed by atoms with Crippen molar-refractivity contribution in [2.75, 3.05) is 14.1 Å². The third-order valence-corrected chi connectivity index (χ3v) is 2.87. The Morgan fingerprint density at radius 3 is 2.30 bits per heavy atom. The van der Waals surface area contributed by atoms with Crippen molar-refractivity contribution in [3.8, 4) is 5.75 Å². The Hall–Kier alpha value is -2.63. The molecular formula is C14H14N2O4. The summed E-state index contributed by atoms with van der Waals surface area (Å²) in [5.41, 5.74) is 0.817. The zero-order valence-electron chi connectivity index (χ0n) is 11.2. The Bertz CT molecular complexity index is 602. The molecule has 0 bridgehead atoms. The van der Waals surface area contributed by atoms with Crippen molar-refractivity contribution in [3.05, 3.63) is 41.5 Å². The number of phenolic OH excluding ortho intramolecular Hbond substituents is 1. The molecule has 1 heterocycles. The molecule has 2 rings (SSSR count). The van der Waals surface area contributed by atoms with E-state index >= 15 is 0 Å².